The van der Waals surface area contributed by atoms with Gasteiger partial charge in [0, 0.05) is 28.2 Å². The highest BCUT2D eigenvalue weighted by Gasteiger charge is 2.19. The van der Waals surface area contributed by atoms with Gasteiger partial charge in [0.2, 0.25) is 0 Å². The molecule has 2 nitrogen and oxygen atoms in total. The summed E-state index contributed by atoms with van der Waals surface area (Å²) in [6, 6.07) is 22.1. The van der Waals surface area contributed by atoms with Crippen LogP contribution in [0, 0.1) is 5.92 Å². The summed E-state index contributed by atoms with van der Waals surface area (Å²) in [7, 11) is 0. The highest BCUT2D eigenvalue weighted by molar-refractivity contribution is 7.18. The van der Waals surface area contributed by atoms with Gasteiger partial charge in [-0.25, -0.2) is 4.98 Å². The number of nitrogens with zero attached hydrogens (tertiary/aromatic N) is 2. The number of fused-ring (bicyclic) bond motifs is 2. The van der Waals surface area contributed by atoms with Gasteiger partial charge in [-0.3, -0.25) is 4.98 Å². The Balaban J connectivity index is 1.64. The normalized spacial score (nSPS) is 12.2. The molecule has 5 rings (SSSR count). The van der Waals surface area contributed by atoms with E-state index in [1.54, 1.807) is 0 Å². The summed E-state index contributed by atoms with van der Waals surface area (Å²) in [5.74, 6) is 0.638. The average Bonchev–Trinajstić information content (AvgIpc) is 3.19. The fraction of sp³-hybridized carbons (Fsp3) is 0.267. The van der Waals surface area contributed by atoms with Crippen molar-refractivity contribution in [1.82, 2.24) is 9.97 Å². The first kappa shape index (κ1) is 21.8. The average molecular weight is 451 g/mol. The lowest BCUT2D eigenvalue weighted by atomic mass is 9.82. The Morgan fingerprint density at radius 3 is 2.39 bits per heavy atom. The number of hydrogen-bond acceptors (Lipinski definition) is 3. The SMILES string of the molecule is CC(C)Cc1cc2c(-c3ccnc(-c4cc(C(C)(C)C)c5ccccc5c4)c3)ccnc2s1. The molecule has 0 fully saturated rings. The molecule has 0 aliphatic heterocycles. The first-order valence-electron chi connectivity index (χ1n) is 11.7. The van der Waals surface area contributed by atoms with Crippen LogP contribution in [0.4, 0.5) is 0 Å². The van der Waals surface area contributed by atoms with E-state index in [0.29, 0.717) is 5.92 Å². The van der Waals surface area contributed by atoms with E-state index in [4.69, 9.17) is 4.98 Å². The molecule has 5 aromatic rings. The molecule has 0 atom stereocenters. The van der Waals surface area contributed by atoms with Crippen LogP contribution in [-0.4, -0.2) is 9.97 Å². The van der Waals surface area contributed by atoms with Gasteiger partial charge >= 0.3 is 0 Å². The van der Waals surface area contributed by atoms with Gasteiger partial charge in [0.15, 0.2) is 0 Å². The topological polar surface area (TPSA) is 25.8 Å². The van der Waals surface area contributed by atoms with Crippen LogP contribution < -0.4 is 0 Å². The highest BCUT2D eigenvalue weighted by atomic mass is 32.1. The van der Waals surface area contributed by atoms with E-state index in [1.165, 1.54) is 37.7 Å². The molecule has 0 saturated carbocycles. The molecule has 3 aromatic heterocycles. The van der Waals surface area contributed by atoms with Crippen LogP contribution in [0.2, 0.25) is 0 Å². The predicted octanol–water partition coefficient (Wildman–Crippen LogP) is 8.67. The summed E-state index contributed by atoms with van der Waals surface area (Å²) >= 11 is 1.81. The summed E-state index contributed by atoms with van der Waals surface area (Å²) in [4.78, 5) is 11.9. The lowest BCUT2D eigenvalue weighted by molar-refractivity contribution is 0.596. The number of hydrogen-bond donors (Lipinski definition) is 0. The Labute approximate surface area is 200 Å². The van der Waals surface area contributed by atoms with Crippen LogP contribution in [0.1, 0.15) is 45.1 Å². The smallest absolute Gasteiger partial charge is 0.124 e. The van der Waals surface area contributed by atoms with Gasteiger partial charge in [0.25, 0.3) is 0 Å². The van der Waals surface area contributed by atoms with Gasteiger partial charge in [0.05, 0.1) is 5.69 Å². The van der Waals surface area contributed by atoms with Gasteiger partial charge in [0.1, 0.15) is 4.83 Å². The van der Waals surface area contributed by atoms with Crippen LogP contribution in [0.25, 0.3) is 43.4 Å². The molecular weight excluding hydrogens is 420 g/mol. The van der Waals surface area contributed by atoms with Crippen molar-refractivity contribution in [3.8, 4) is 22.4 Å². The van der Waals surface area contributed by atoms with Crippen molar-refractivity contribution in [2.45, 2.75) is 46.5 Å². The van der Waals surface area contributed by atoms with Gasteiger partial charge < -0.3 is 0 Å². The Kier molecular flexibility index (Phi) is 5.54. The van der Waals surface area contributed by atoms with Gasteiger partial charge in [-0.1, -0.05) is 58.9 Å². The Hall–Kier alpha value is -3.04. The van der Waals surface area contributed by atoms with Gasteiger partial charge in [-0.05, 0) is 81.6 Å². The van der Waals surface area contributed by atoms with E-state index in [9.17, 15) is 0 Å². The van der Waals surface area contributed by atoms with Crippen LogP contribution in [0.5, 0.6) is 0 Å². The lowest BCUT2D eigenvalue weighted by Crippen LogP contribution is -2.12. The van der Waals surface area contributed by atoms with Crippen molar-refractivity contribution in [2.75, 3.05) is 0 Å². The fourth-order valence-electron chi connectivity index (χ4n) is 4.58. The summed E-state index contributed by atoms with van der Waals surface area (Å²) in [6.45, 7) is 11.4. The molecule has 0 aliphatic carbocycles. The number of thiophene rings is 1. The Bertz CT molecular complexity index is 1450. The maximum absolute atomic E-state index is 4.78. The number of aromatic nitrogens is 2. The molecule has 0 spiro atoms. The molecule has 0 radical (unpaired) electrons. The molecule has 3 heteroatoms. The van der Waals surface area contributed by atoms with Crippen molar-refractivity contribution >= 4 is 32.3 Å². The standard InChI is InChI=1S/C30H30N2S/c1-19(2)14-23-18-26-24(11-13-32-29(26)33-23)21-10-12-31-28(17-21)22-15-20-8-6-7-9-25(20)27(16-22)30(3,4)5/h6-13,15-19H,14H2,1-5H3. The maximum atomic E-state index is 4.78. The first-order valence-corrected chi connectivity index (χ1v) is 12.5. The second-order valence-electron chi connectivity index (χ2n) is 10.3. The van der Waals surface area contributed by atoms with Crippen molar-refractivity contribution < 1.29 is 0 Å². The lowest BCUT2D eigenvalue weighted by Gasteiger charge is -2.22. The third-order valence-corrected chi connectivity index (χ3v) is 7.20. The van der Waals surface area contributed by atoms with Crippen molar-refractivity contribution in [3.05, 3.63) is 83.5 Å². The molecule has 0 amide bonds. The molecule has 2 aromatic carbocycles. The molecule has 0 saturated heterocycles. The van der Waals surface area contributed by atoms with E-state index >= 15 is 0 Å². The summed E-state index contributed by atoms with van der Waals surface area (Å²) < 4.78 is 0. The van der Waals surface area contributed by atoms with Crippen molar-refractivity contribution in [3.63, 3.8) is 0 Å². The highest BCUT2D eigenvalue weighted by Crippen LogP contribution is 2.37. The Morgan fingerprint density at radius 2 is 1.61 bits per heavy atom. The second kappa shape index (κ2) is 8.39. The van der Waals surface area contributed by atoms with Crippen LogP contribution >= 0.6 is 11.3 Å². The summed E-state index contributed by atoms with van der Waals surface area (Å²) in [5, 5.41) is 3.82. The molecule has 166 valence electrons. The number of rotatable bonds is 4. The van der Waals surface area contributed by atoms with Crippen molar-refractivity contribution in [2.24, 2.45) is 5.92 Å². The fourth-order valence-corrected chi connectivity index (χ4v) is 5.81. The van der Waals surface area contributed by atoms with Crippen LogP contribution in [-0.2, 0) is 11.8 Å². The third kappa shape index (κ3) is 4.30. The molecule has 0 aliphatic rings. The maximum Gasteiger partial charge on any atom is 0.124 e. The monoisotopic (exact) mass is 450 g/mol. The van der Waals surface area contributed by atoms with E-state index in [1.807, 2.05) is 23.7 Å². The van der Waals surface area contributed by atoms with E-state index in [-0.39, 0.29) is 5.41 Å². The second-order valence-corrected chi connectivity index (χ2v) is 11.4. The zero-order chi connectivity index (χ0) is 23.2. The zero-order valence-electron chi connectivity index (χ0n) is 20.0. The largest absolute Gasteiger partial charge is 0.256 e. The Morgan fingerprint density at radius 1 is 0.818 bits per heavy atom. The summed E-state index contributed by atoms with van der Waals surface area (Å²) in [6.07, 6.45) is 4.96. The zero-order valence-corrected chi connectivity index (χ0v) is 20.8. The minimum absolute atomic E-state index is 0.0496. The van der Waals surface area contributed by atoms with E-state index < -0.39 is 0 Å². The predicted molar refractivity (Wildman–Crippen MR) is 143 cm³/mol. The molecule has 0 N–H and O–H groups in total. The molecule has 33 heavy (non-hydrogen) atoms. The molecule has 0 bridgehead atoms. The van der Waals surface area contributed by atoms with E-state index in [2.05, 4.69) is 100 Å². The third-order valence-electron chi connectivity index (χ3n) is 6.13. The first-order chi connectivity index (χ1) is 15.8. The molecular formula is C30H30N2S. The van der Waals surface area contributed by atoms with Gasteiger partial charge in [-0.15, -0.1) is 11.3 Å². The van der Waals surface area contributed by atoms with Crippen LogP contribution in [0.3, 0.4) is 0 Å². The quantitative estimate of drug-likeness (QED) is 0.274. The summed E-state index contributed by atoms with van der Waals surface area (Å²) in [5.41, 5.74) is 5.99. The van der Waals surface area contributed by atoms with Gasteiger partial charge in [-0.2, -0.15) is 0 Å². The molecule has 3 heterocycles. The minimum atomic E-state index is 0.0496. The number of benzene rings is 2. The number of pyridine rings is 2. The van der Waals surface area contributed by atoms with Crippen LogP contribution in [0.15, 0.2) is 73.1 Å². The van der Waals surface area contributed by atoms with E-state index in [0.717, 1.165) is 22.5 Å². The minimum Gasteiger partial charge on any atom is -0.256 e. The van der Waals surface area contributed by atoms with Crippen molar-refractivity contribution in [1.29, 1.82) is 0 Å². The molecule has 0 unspecified atom stereocenters.